The lowest BCUT2D eigenvalue weighted by Gasteiger charge is -2.14. The van der Waals surface area contributed by atoms with Gasteiger partial charge in [-0.05, 0) is 6.42 Å². The van der Waals surface area contributed by atoms with Gasteiger partial charge in [0.25, 0.3) is 17.5 Å². The number of amides is 2. The molecule has 2 rings (SSSR count). The molecule has 0 atom stereocenters. The van der Waals surface area contributed by atoms with Gasteiger partial charge in [0.15, 0.2) is 0 Å². The zero-order chi connectivity index (χ0) is 12.3. The van der Waals surface area contributed by atoms with Crippen molar-refractivity contribution in [1.29, 1.82) is 0 Å². The number of nitrogens with zero attached hydrogens (tertiary/aromatic N) is 3. The zero-order valence-electron chi connectivity index (χ0n) is 9.17. The maximum Gasteiger partial charge on any atom is 0.298 e. The predicted octanol–water partition coefficient (Wildman–Crippen LogP) is 0.859. The van der Waals surface area contributed by atoms with Crippen LogP contribution in [0.1, 0.15) is 12.8 Å². The molecular formula is C12H11N3O2. The van der Waals surface area contributed by atoms with E-state index in [1.807, 2.05) is 18.2 Å². The quantitative estimate of drug-likeness (QED) is 0.409. The van der Waals surface area contributed by atoms with E-state index in [2.05, 4.69) is 4.79 Å². The number of hydrogen-bond donors (Lipinski definition) is 0. The molecule has 5 nitrogen and oxygen atoms in total. The first kappa shape index (κ1) is 11.2. The first-order valence-electron chi connectivity index (χ1n) is 5.33. The van der Waals surface area contributed by atoms with Crippen molar-refractivity contribution in [2.24, 2.45) is 0 Å². The SMILES string of the molecule is [N-]=[N+]=C1CC=CC=C1CCN1C(=O)C=CC1=O. The fourth-order valence-electron chi connectivity index (χ4n) is 1.81. The fourth-order valence-corrected chi connectivity index (χ4v) is 1.81. The molecule has 0 saturated heterocycles. The summed E-state index contributed by atoms with van der Waals surface area (Å²) in [5, 5.41) is 0. The molecule has 0 aromatic heterocycles. The Balaban J connectivity index is 2.01. The average Bonchev–Trinajstić information content (AvgIpc) is 2.67. The van der Waals surface area contributed by atoms with Gasteiger partial charge in [-0.15, -0.1) is 0 Å². The minimum atomic E-state index is -0.288. The maximum absolute atomic E-state index is 11.3. The van der Waals surface area contributed by atoms with Crippen LogP contribution in [-0.4, -0.2) is 33.8 Å². The van der Waals surface area contributed by atoms with Crippen LogP contribution >= 0.6 is 0 Å². The highest BCUT2D eigenvalue weighted by atomic mass is 16.2. The van der Waals surface area contributed by atoms with Gasteiger partial charge in [0.05, 0.1) is 6.42 Å². The predicted molar refractivity (Wildman–Crippen MR) is 60.9 cm³/mol. The minimum Gasteiger partial charge on any atom is -0.361 e. The summed E-state index contributed by atoms with van der Waals surface area (Å²) in [6.07, 6.45) is 9.18. The minimum absolute atomic E-state index is 0.288. The van der Waals surface area contributed by atoms with Crippen LogP contribution in [0, 0.1) is 0 Å². The molecule has 86 valence electrons. The van der Waals surface area contributed by atoms with Crippen LogP contribution in [0.5, 0.6) is 0 Å². The van der Waals surface area contributed by atoms with Crippen molar-refractivity contribution in [3.63, 3.8) is 0 Å². The molecule has 0 aromatic carbocycles. The number of carbonyl (C=O) groups excluding carboxylic acids is 2. The van der Waals surface area contributed by atoms with Gasteiger partial charge >= 0.3 is 0 Å². The van der Waals surface area contributed by atoms with Gasteiger partial charge in [-0.25, -0.2) is 0 Å². The molecule has 0 fully saturated rings. The number of rotatable bonds is 3. The highest BCUT2D eigenvalue weighted by molar-refractivity contribution is 6.13. The lowest BCUT2D eigenvalue weighted by atomic mass is 9.99. The molecule has 0 radical (unpaired) electrons. The van der Waals surface area contributed by atoms with Crippen LogP contribution in [0.15, 0.2) is 36.0 Å². The van der Waals surface area contributed by atoms with Crippen molar-refractivity contribution >= 4 is 17.5 Å². The third kappa shape index (κ3) is 2.29. The summed E-state index contributed by atoms with van der Waals surface area (Å²) in [4.78, 5) is 27.0. The van der Waals surface area contributed by atoms with E-state index in [1.54, 1.807) is 0 Å². The molecule has 0 saturated carbocycles. The van der Waals surface area contributed by atoms with E-state index in [0.717, 1.165) is 5.57 Å². The summed E-state index contributed by atoms with van der Waals surface area (Å²) >= 11 is 0. The molecule has 2 amide bonds. The summed E-state index contributed by atoms with van der Waals surface area (Å²) in [6.45, 7) is 0.309. The first-order chi connectivity index (χ1) is 8.22. The van der Waals surface area contributed by atoms with Gasteiger partial charge < -0.3 is 5.53 Å². The highest BCUT2D eigenvalue weighted by Gasteiger charge is 2.25. The number of hydrogen-bond acceptors (Lipinski definition) is 2. The van der Waals surface area contributed by atoms with E-state index < -0.39 is 0 Å². The molecule has 17 heavy (non-hydrogen) atoms. The second kappa shape index (κ2) is 4.72. The molecule has 1 aliphatic carbocycles. The largest absolute Gasteiger partial charge is 0.361 e. The van der Waals surface area contributed by atoms with Crippen LogP contribution in [0.25, 0.3) is 5.53 Å². The van der Waals surface area contributed by atoms with Crippen LogP contribution in [-0.2, 0) is 9.59 Å². The molecule has 5 heteroatoms. The van der Waals surface area contributed by atoms with Gasteiger partial charge in [-0.1, -0.05) is 18.2 Å². The Kier molecular flexibility index (Phi) is 3.12. The third-order valence-electron chi connectivity index (χ3n) is 2.74. The van der Waals surface area contributed by atoms with Gasteiger partial charge in [0.2, 0.25) is 0 Å². The molecule has 0 spiro atoms. The Morgan fingerprint density at radius 3 is 2.65 bits per heavy atom. The second-order valence-corrected chi connectivity index (χ2v) is 3.78. The van der Waals surface area contributed by atoms with Crippen molar-refractivity contribution in [3.8, 4) is 0 Å². The Bertz CT molecular complexity index is 490. The summed E-state index contributed by atoms with van der Waals surface area (Å²) in [7, 11) is 0. The summed E-state index contributed by atoms with van der Waals surface area (Å²) in [5.41, 5.74) is 10.2. The van der Waals surface area contributed by atoms with E-state index in [-0.39, 0.29) is 11.8 Å². The molecule has 0 aromatic rings. The van der Waals surface area contributed by atoms with E-state index in [1.165, 1.54) is 17.1 Å². The Labute approximate surface area is 98.3 Å². The normalized spacial score (nSPS) is 18.7. The number of carbonyl (C=O) groups is 2. The lowest BCUT2D eigenvalue weighted by molar-refractivity contribution is -0.136. The molecule has 0 N–H and O–H groups in total. The standard InChI is InChI=1S/C12H11N3O2/c13-14-10-4-2-1-3-9(10)7-8-15-11(16)5-6-12(15)17/h1-3,5-6H,4,7-8H2. The van der Waals surface area contributed by atoms with Crippen molar-refractivity contribution in [2.45, 2.75) is 12.8 Å². The van der Waals surface area contributed by atoms with Crippen molar-refractivity contribution in [3.05, 3.63) is 41.5 Å². The highest BCUT2D eigenvalue weighted by Crippen LogP contribution is 2.14. The fraction of sp³-hybridized carbons (Fsp3) is 0.250. The van der Waals surface area contributed by atoms with Crippen molar-refractivity contribution in [2.75, 3.05) is 6.54 Å². The van der Waals surface area contributed by atoms with Crippen LogP contribution < -0.4 is 0 Å². The van der Waals surface area contributed by atoms with Crippen molar-refractivity contribution in [1.82, 2.24) is 4.90 Å². The summed E-state index contributed by atoms with van der Waals surface area (Å²) in [6, 6.07) is 0. The molecule has 2 aliphatic rings. The van der Waals surface area contributed by atoms with E-state index in [9.17, 15) is 9.59 Å². The van der Waals surface area contributed by atoms with E-state index in [0.29, 0.717) is 25.1 Å². The molecule has 1 heterocycles. The molecule has 0 unspecified atom stereocenters. The Hall–Kier alpha value is -2.26. The van der Waals surface area contributed by atoms with Gasteiger partial charge in [-0.3, -0.25) is 14.5 Å². The number of imide groups is 1. The van der Waals surface area contributed by atoms with Crippen LogP contribution in [0.2, 0.25) is 0 Å². The zero-order valence-corrected chi connectivity index (χ0v) is 9.17. The third-order valence-corrected chi connectivity index (χ3v) is 2.74. The Morgan fingerprint density at radius 2 is 2.00 bits per heavy atom. The van der Waals surface area contributed by atoms with Gasteiger partial charge in [-0.2, -0.15) is 4.79 Å². The van der Waals surface area contributed by atoms with Gasteiger partial charge in [0, 0.05) is 24.3 Å². The summed E-state index contributed by atoms with van der Waals surface area (Å²) in [5.74, 6) is -0.575. The van der Waals surface area contributed by atoms with E-state index >= 15 is 0 Å². The molecule has 0 bridgehead atoms. The second-order valence-electron chi connectivity index (χ2n) is 3.78. The maximum atomic E-state index is 11.3. The van der Waals surface area contributed by atoms with Crippen LogP contribution in [0.3, 0.4) is 0 Å². The topological polar surface area (TPSA) is 73.8 Å². The molecular weight excluding hydrogens is 218 g/mol. The summed E-state index contributed by atoms with van der Waals surface area (Å²) < 4.78 is 0. The van der Waals surface area contributed by atoms with Gasteiger partial charge in [0.1, 0.15) is 0 Å². The number of allylic oxidation sites excluding steroid dienone is 3. The van der Waals surface area contributed by atoms with Crippen LogP contribution in [0.4, 0.5) is 0 Å². The van der Waals surface area contributed by atoms with Crippen molar-refractivity contribution < 1.29 is 14.4 Å². The molecule has 1 aliphatic heterocycles. The monoisotopic (exact) mass is 229 g/mol. The lowest BCUT2D eigenvalue weighted by Crippen LogP contribution is -2.31. The smallest absolute Gasteiger partial charge is 0.298 e. The Morgan fingerprint density at radius 1 is 1.29 bits per heavy atom. The van der Waals surface area contributed by atoms with E-state index in [4.69, 9.17) is 5.53 Å². The average molecular weight is 229 g/mol. The first-order valence-corrected chi connectivity index (χ1v) is 5.33.